The lowest BCUT2D eigenvalue weighted by molar-refractivity contribution is 0.0233. The summed E-state index contributed by atoms with van der Waals surface area (Å²) in [6.45, 7) is 1.86. The summed E-state index contributed by atoms with van der Waals surface area (Å²) >= 11 is 0. The Morgan fingerprint density at radius 2 is 2.24 bits per heavy atom. The molecule has 2 aromatic heterocycles. The molecule has 3 nitrogen and oxygen atoms in total. The SMILES string of the molecule is CCC(O)(Cc1ccco1)c1ccc(F)cn1. The molecule has 0 aliphatic rings. The van der Waals surface area contributed by atoms with Gasteiger partial charge in [0.2, 0.25) is 0 Å². The summed E-state index contributed by atoms with van der Waals surface area (Å²) in [6.07, 6.45) is 3.48. The van der Waals surface area contributed by atoms with Crippen LogP contribution in [-0.4, -0.2) is 10.1 Å². The van der Waals surface area contributed by atoms with Crippen LogP contribution in [0.1, 0.15) is 24.8 Å². The second-order valence-corrected chi connectivity index (χ2v) is 4.00. The predicted molar refractivity (Wildman–Crippen MR) is 60.8 cm³/mol. The van der Waals surface area contributed by atoms with Crippen molar-refractivity contribution in [3.63, 3.8) is 0 Å². The molecule has 1 N–H and O–H groups in total. The maximum absolute atomic E-state index is 12.8. The van der Waals surface area contributed by atoms with Gasteiger partial charge in [0.1, 0.15) is 17.2 Å². The van der Waals surface area contributed by atoms with E-state index in [9.17, 15) is 9.50 Å². The van der Waals surface area contributed by atoms with Crippen LogP contribution in [-0.2, 0) is 12.0 Å². The van der Waals surface area contributed by atoms with Gasteiger partial charge in [0.25, 0.3) is 0 Å². The van der Waals surface area contributed by atoms with Gasteiger partial charge in [-0.15, -0.1) is 0 Å². The highest BCUT2D eigenvalue weighted by molar-refractivity contribution is 5.17. The fraction of sp³-hybridized carbons (Fsp3) is 0.308. The number of aromatic nitrogens is 1. The fourth-order valence-electron chi connectivity index (χ4n) is 1.75. The van der Waals surface area contributed by atoms with Crippen molar-refractivity contribution in [1.29, 1.82) is 0 Å². The second-order valence-electron chi connectivity index (χ2n) is 4.00. The Kier molecular flexibility index (Phi) is 3.24. The quantitative estimate of drug-likeness (QED) is 0.886. The number of nitrogens with zero attached hydrogens (tertiary/aromatic N) is 1. The highest BCUT2D eigenvalue weighted by Crippen LogP contribution is 2.27. The molecule has 0 spiro atoms. The van der Waals surface area contributed by atoms with Gasteiger partial charge in [-0.3, -0.25) is 4.98 Å². The maximum atomic E-state index is 12.8. The van der Waals surface area contributed by atoms with Gasteiger partial charge in [-0.25, -0.2) is 4.39 Å². The summed E-state index contributed by atoms with van der Waals surface area (Å²) in [5, 5.41) is 10.5. The van der Waals surface area contributed by atoms with E-state index in [1.807, 2.05) is 6.92 Å². The van der Waals surface area contributed by atoms with E-state index in [1.165, 1.54) is 12.1 Å². The Hall–Kier alpha value is -1.68. The lowest BCUT2D eigenvalue weighted by atomic mass is 9.91. The smallest absolute Gasteiger partial charge is 0.141 e. The number of halogens is 1. The number of furan rings is 1. The summed E-state index contributed by atoms with van der Waals surface area (Å²) in [5.74, 6) is 0.269. The minimum Gasteiger partial charge on any atom is -0.469 e. The molecular formula is C13H14FNO2. The first-order valence-electron chi connectivity index (χ1n) is 5.51. The van der Waals surface area contributed by atoms with Crippen LogP contribution >= 0.6 is 0 Å². The monoisotopic (exact) mass is 235 g/mol. The third-order valence-electron chi connectivity index (χ3n) is 2.84. The van der Waals surface area contributed by atoms with Gasteiger partial charge >= 0.3 is 0 Å². The molecular weight excluding hydrogens is 221 g/mol. The Balaban J connectivity index is 2.27. The van der Waals surface area contributed by atoms with E-state index in [4.69, 9.17) is 4.42 Å². The summed E-state index contributed by atoms with van der Waals surface area (Å²) in [6, 6.07) is 6.36. The van der Waals surface area contributed by atoms with E-state index >= 15 is 0 Å². The molecule has 17 heavy (non-hydrogen) atoms. The van der Waals surface area contributed by atoms with Crippen molar-refractivity contribution in [2.75, 3.05) is 0 Å². The van der Waals surface area contributed by atoms with Crippen molar-refractivity contribution in [1.82, 2.24) is 4.98 Å². The number of aliphatic hydroxyl groups is 1. The Bertz CT molecular complexity index is 467. The van der Waals surface area contributed by atoms with Crippen LogP contribution in [0.5, 0.6) is 0 Å². The van der Waals surface area contributed by atoms with Crippen molar-refractivity contribution in [2.45, 2.75) is 25.4 Å². The first-order chi connectivity index (χ1) is 8.14. The minimum absolute atomic E-state index is 0.329. The second kappa shape index (κ2) is 4.67. The van der Waals surface area contributed by atoms with E-state index in [0.29, 0.717) is 24.3 Å². The molecule has 4 heteroatoms. The molecule has 0 aromatic carbocycles. The number of hydrogen-bond acceptors (Lipinski definition) is 3. The lowest BCUT2D eigenvalue weighted by Crippen LogP contribution is -2.28. The highest BCUT2D eigenvalue weighted by atomic mass is 19.1. The van der Waals surface area contributed by atoms with Crippen LogP contribution in [0.15, 0.2) is 41.1 Å². The van der Waals surface area contributed by atoms with Gasteiger partial charge in [-0.05, 0) is 30.7 Å². The van der Waals surface area contributed by atoms with Gasteiger partial charge < -0.3 is 9.52 Å². The summed E-state index contributed by atoms with van der Waals surface area (Å²) in [7, 11) is 0. The first-order valence-corrected chi connectivity index (χ1v) is 5.51. The zero-order chi connectivity index (χ0) is 12.3. The average molecular weight is 235 g/mol. The maximum Gasteiger partial charge on any atom is 0.141 e. The van der Waals surface area contributed by atoms with Crippen LogP contribution in [0.3, 0.4) is 0 Å². The number of rotatable bonds is 4. The van der Waals surface area contributed by atoms with Crippen molar-refractivity contribution >= 4 is 0 Å². The fourth-order valence-corrected chi connectivity index (χ4v) is 1.75. The van der Waals surface area contributed by atoms with E-state index in [0.717, 1.165) is 6.20 Å². The zero-order valence-corrected chi connectivity index (χ0v) is 9.56. The first kappa shape index (κ1) is 11.8. The molecule has 1 unspecified atom stereocenters. The molecule has 90 valence electrons. The Labute approximate surface area is 98.9 Å². The molecule has 2 heterocycles. The van der Waals surface area contributed by atoms with Gasteiger partial charge in [-0.1, -0.05) is 6.92 Å². The molecule has 0 aliphatic heterocycles. The standard InChI is InChI=1S/C13H14FNO2/c1-2-13(16,8-11-4-3-7-17-11)12-6-5-10(14)9-15-12/h3-7,9,16H,2,8H2,1H3. The number of pyridine rings is 1. The third-order valence-corrected chi connectivity index (χ3v) is 2.84. The van der Waals surface area contributed by atoms with Gasteiger partial charge in [0.15, 0.2) is 0 Å². The van der Waals surface area contributed by atoms with Crippen molar-refractivity contribution in [3.8, 4) is 0 Å². The molecule has 0 amide bonds. The Morgan fingerprint density at radius 3 is 2.76 bits per heavy atom. The summed E-state index contributed by atoms with van der Waals surface area (Å²) in [5.41, 5.74) is -0.663. The molecule has 0 fully saturated rings. The zero-order valence-electron chi connectivity index (χ0n) is 9.56. The van der Waals surface area contributed by atoms with Crippen molar-refractivity contribution in [3.05, 3.63) is 54.0 Å². The molecule has 0 saturated heterocycles. The Morgan fingerprint density at radius 1 is 1.41 bits per heavy atom. The largest absolute Gasteiger partial charge is 0.469 e. The summed E-state index contributed by atoms with van der Waals surface area (Å²) < 4.78 is 18.0. The molecule has 2 aromatic rings. The lowest BCUT2D eigenvalue weighted by Gasteiger charge is -2.25. The number of hydrogen-bond donors (Lipinski definition) is 1. The van der Waals surface area contributed by atoms with E-state index in [2.05, 4.69) is 4.98 Å². The van der Waals surface area contributed by atoms with Gasteiger partial charge in [-0.2, -0.15) is 0 Å². The summed E-state index contributed by atoms with van der Waals surface area (Å²) in [4.78, 5) is 3.94. The minimum atomic E-state index is -1.12. The highest BCUT2D eigenvalue weighted by Gasteiger charge is 2.30. The normalized spacial score (nSPS) is 14.5. The van der Waals surface area contributed by atoms with Crippen LogP contribution in [0.25, 0.3) is 0 Å². The van der Waals surface area contributed by atoms with Crippen LogP contribution < -0.4 is 0 Å². The van der Waals surface area contributed by atoms with Gasteiger partial charge in [0, 0.05) is 6.42 Å². The molecule has 1 atom stereocenters. The topological polar surface area (TPSA) is 46.3 Å². The van der Waals surface area contributed by atoms with E-state index < -0.39 is 11.4 Å². The van der Waals surface area contributed by atoms with Gasteiger partial charge in [0.05, 0.1) is 18.2 Å². The third kappa shape index (κ3) is 2.53. The molecule has 0 radical (unpaired) electrons. The molecule has 2 rings (SSSR count). The van der Waals surface area contributed by atoms with Crippen LogP contribution in [0.2, 0.25) is 0 Å². The average Bonchev–Trinajstić information content (AvgIpc) is 2.82. The van der Waals surface area contributed by atoms with Crippen LogP contribution in [0.4, 0.5) is 4.39 Å². The molecule has 0 aliphatic carbocycles. The van der Waals surface area contributed by atoms with E-state index in [-0.39, 0.29) is 0 Å². The van der Waals surface area contributed by atoms with Crippen molar-refractivity contribution in [2.24, 2.45) is 0 Å². The predicted octanol–water partition coefficient (Wildman–Crippen LogP) is 2.65. The van der Waals surface area contributed by atoms with E-state index in [1.54, 1.807) is 18.4 Å². The van der Waals surface area contributed by atoms with Crippen molar-refractivity contribution < 1.29 is 13.9 Å². The molecule has 0 bridgehead atoms. The molecule has 0 saturated carbocycles. The van der Waals surface area contributed by atoms with Crippen LogP contribution in [0, 0.1) is 5.82 Å².